The molecule has 6 heteroatoms. The second-order valence-electron chi connectivity index (χ2n) is 4.16. The van der Waals surface area contributed by atoms with Crippen molar-refractivity contribution in [2.24, 2.45) is 0 Å². The van der Waals surface area contributed by atoms with Crippen molar-refractivity contribution in [3.63, 3.8) is 0 Å². The van der Waals surface area contributed by atoms with E-state index in [1.54, 1.807) is 12.1 Å². The number of halogens is 1. The molecule has 5 nitrogen and oxygen atoms in total. The minimum absolute atomic E-state index is 0.0385. The fourth-order valence-electron chi connectivity index (χ4n) is 1.38. The Labute approximate surface area is 117 Å². The largest absolute Gasteiger partial charge is 0.452 e. The predicted octanol–water partition coefficient (Wildman–Crippen LogP) is 1.99. The first kappa shape index (κ1) is 15.3. The average molecular weight is 285 g/mol. The first-order chi connectivity index (χ1) is 8.95. The molecule has 0 aliphatic rings. The molecule has 0 heterocycles. The van der Waals surface area contributed by atoms with E-state index in [-0.39, 0.29) is 34.8 Å². The van der Waals surface area contributed by atoms with E-state index < -0.39 is 5.97 Å². The zero-order valence-electron chi connectivity index (χ0n) is 10.9. The zero-order chi connectivity index (χ0) is 14.4. The van der Waals surface area contributed by atoms with E-state index in [1.165, 1.54) is 6.07 Å². The summed E-state index contributed by atoms with van der Waals surface area (Å²) in [6.07, 6.45) is 0.803. The van der Waals surface area contributed by atoms with Crippen LogP contribution in [-0.4, -0.2) is 24.5 Å². The van der Waals surface area contributed by atoms with Gasteiger partial charge < -0.3 is 15.8 Å². The van der Waals surface area contributed by atoms with Crippen molar-refractivity contribution in [3.8, 4) is 0 Å². The molecule has 0 aliphatic heterocycles. The zero-order valence-corrected chi connectivity index (χ0v) is 11.7. The number of hydrogen-bond donors (Lipinski definition) is 2. The van der Waals surface area contributed by atoms with Crippen molar-refractivity contribution in [2.75, 3.05) is 12.3 Å². The van der Waals surface area contributed by atoms with Gasteiger partial charge in [-0.25, -0.2) is 4.79 Å². The van der Waals surface area contributed by atoms with Crippen molar-refractivity contribution >= 4 is 29.2 Å². The maximum atomic E-state index is 11.8. The number of anilines is 1. The average Bonchev–Trinajstić information content (AvgIpc) is 2.36. The van der Waals surface area contributed by atoms with Crippen LogP contribution in [0.1, 0.15) is 30.6 Å². The summed E-state index contributed by atoms with van der Waals surface area (Å²) in [5.41, 5.74) is 5.95. The van der Waals surface area contributed by atoms with Gasteiger partial charge in [0.1, 0.15) is 5.56 Å². The molecule has 0 aromatic heterocycles. The first-order valence-corrected chi connectivity index (χ1v) is 6.34. The van der Waals surface area contributed by atoms with Gasteiger partial charge in [-0.05, 0) is 25.5 Å². The Bertz CT molecular complexity index is 457. The summed E-state index contributed by atoms with van der Waals surface area (Å²) in [6.45, 7) is 3.46. The maximum absolute atomic E-state index is 11.8. The molecule has 0 radical (unpaired) electrons. The fraction of sp³-hybridized carbons (Fsp3) is 0.385. The van der Waals surface area contributed by atoms with Gasteiger partial charge in [0, 0.05) is 11.7 Å². The monoisotopic (exact) mass is 284 g/mol. The second kappa shape index (κ2) is 6.99. The summed E-state index contributed by atoms with van der Waals surface area (Å²) >= 11 is 5.87. The van der Waals surface area contributed by atoms with Gasteiger partial charge in [0.15, 0.2) is 6.61 Å². The quantitative estimate of drug-likeness (QED) is 0.640. The van der Waals surface area contributed by atoms with Crippen molar-refractivity contribution in [3.05, 3.63) is 28.8 Å². The van der Waals surface area contributed by atoms with E-state index in [9.17, 15) is 9.59 Å². The lowest BCUT2D eigenvalue weighted by Crippen LogP contribution is -2.35. The Morgan fingerprint density at radius 1 is 1.47 bits per heavy atom. The predicted molar refractivity (Wildman–Crippen MR) is 74.0 cm³/mol. The third-order valence-electron chi connectivity index (χ3n) is 2.60. The lowest BCUT2D eigenvalue weighted by Gasteiger charge is -2.12. The van der Waals surface area contributed by atoms with E-state index in [1.807, 2.05) is 13.8 Å². The number of nitrogens with one attached hydrogen (secondary N) is 1. The molecule has 104 valence electrons. The lowest BCUT2D eigenvalue weighted by molar-refractivity contribution is -0.124. The van der Waals surface area contributed by atoms with Crippen LogP contribution in [0.4, 0.5) is 5.69 Å². The summed E-state index contributed by atoms with van der Waals surface area (Å²) in [4.78, 5) is 23.2. The summed E-state index contributed by atoms with van der Waals surface area (Å²) in [5, 5.41) is 2.89. The van der Waals surface area contributed by atoms with Gasteiger partial charge >= 0.3 is 5.97 Å². The molecule has 1 atom stereocenters. The van der Waals surface area contributed by atoms with Gasteiger partial charge in [0.05, 0.1) is 5.02 Å². The number of carbonyl (C=O) groups is 2. The Morgan fingerprint density at radius 3 is 2.74 bits per heavy atom. The van der Waals surface area contributed by atoms with Crippen molar-refractivity contribution in [1.29, 1.82) is 0 Å². The van der Waals surface area contributed by atoms with E-state index in [4.69, 9.17) is 22.1 Å². The highest BCUT2D eigenvalue weighted by molar-refractivity contribution is 6.34. The van der Waals surface area contributed by atoms with Crippen molar-refractivity contribution in [2.45, 2.75) is 26.3 Å². The third-order valence-corrected chi connectivity index (χ3v) is 2.92. The molecule has 0 bridgehead atoms. The SMILES string of the molecule is CCC(C)NC(=O)COC(=O)c1c(N)cccc1Cl. The fourth-order valence-corrected chi connectivity index (χ4v) is 1.64. The van der Waals surface area contributed by atoms with Gasteiger partial charge in [-0.15, -0.1) is 0 Å². The van der Waals surface area contributed by atoms with Gasteiger partial charge in [-0.1, -0.05) is 24.6 Å². The molecule has 1 unspecified atom stereocenters. The van der Waals surface area contributed by atoms with Gasteiger partial charge in [0.25, 0.3) is 5.91 Å². The first-order valence-electron chi connectivity index (χ1n) is 5.96. The molecule has 0 saturated heterocycles. The number of nitrogen functional groups attached to an aromatic ring is 1. The highest BCUT2D eigenvalue weighted by Crippen LogP contribution is 2.22. The number of ether oxygens (including phenoxy) is 1. The maximum Gasteiger partial charge on any atom is 0.342 e. The highest BCUT2D eigenvalue weighted by Gasteiger charge is 2.17. The number of rotatable bonds is 5. The second-order valence-corrected chi connectivity index (χ2v) is 4.56. The standard InChI is InChI=1S/C13H17ClN2O3/c1-3-8(2)16-11(17)7-19-13(18)12-9(14)5-4-6-10(12)15/h4-6,8H,3,7,15H2,1-2H3,(H,16,17). The molecule has 1 aromatic carbocycles. The number of hydrogen-bond acceptors (Lipinski definition) is 4. The number of esters is 1. The Hall–Kier alpha value is -1.75. The van der Waals surface area contributed by atoms with Gasteiger partial charge in [-0.3, -0.25) is 4.79 Å². The Balaban J connectivity index is 2.59. The van der Waals surface area contributed by atoms with Crippen LogP contribution in [0.5, 0.6) is 0 Å². The lowest BCUT2D eigenvalue weighted by atomic mass is 10.2. The third kappa shape index (κ3) is 4.44. The van der Waals surface area contributed by atoms with Crippen LogP contribution in [0.3, 0.4) is 0 Å². The van der Waals surface area contributed by atoms with Crippen LogP contribution in [-0.2, 0) is 9.53 Å². The van der Waals surface area contributed by atoms with E-state index in [2.05, 4.69) is 5.32 Å². The molecule has 0 saturated carbocycles. The topological polar surface area (TPSA) is 81.4 Å². The van der Waals surface area contributed by atoms with Crippen LogP contribution in [0.15, 0.2) is 18.2 Å². The number of amides is 1. The summed E-state index contributed by atoms with van der Waals surface area (Å²) < 4.78 is 4.88. The molecular weight excluding hydrogens is 268 g/mol. The summed E-state index contributed by atoms with van der Waals surface area (Å²) in [5.74, 6) is -1.06. The van der Waals surface area contributed by atoms with Crippen LogP contribution in [0.25, 0.3) is 0 Å². The molecule has 1 aromatic rings. The number of nitrogens with two attached hydrogens (primary N) is 1. The van der Waals surface area contributed by atoms with E-state index >= 15 is 0 Å². The minimum Gasteiger partial charge on any atom is -0.452 e. The molecule has 0 aliphatic carbocycles. The molecule has 1 rings (SSSR count). The molecule has 0 spiro atoms. The number of benzene rings is 1. The molecule has 19 heavy (non-hydrogen) atoms. The van der Waals surface area contributed by atoms with Crippen LogP contribution >= 0.6 is 11.6 Å². The van der Waals surface area contributed by atoms with E-state index in [0.29, 0.717) is 0 Å². The summed E-state index contributed by atoms with van der Waals surface area (Å²) in [7, 11) is 0. The van der Waals surface area contributed by atoms with Crippen molar-refractivity contribution in [1.82, 2.24) is 5.32 Å². The van der Waals surface area contributed by atoms with Gasteiger partial charge in [0.2, 0.25) is 0 Å². The molecule has 1 amide bonds. The van der Waals surface area contributed by atoms with Crippen LogP contribution < -0.4 is 11.1 Å². The molecule has 3 N–H and O–H groups in total. The highest BCUT2D eigenvalue weighted by atomic mass is 35.5. The smallest absolute Gasteiger partial charge is 0.342 e. The normalized spacial score (nSPS) is 11.7. The van der Waals surface area contributed by atoms with Gasteiger partial charge in [-0.2, -0.15) is 0 Å². The molecule has 0 fully saturated rings. The number of carbonyl (C=O) groups excluding carboxylic acids is 2. The van der Waals surface area contributed by atoms with Crippen molar-refractivity contribution < 1.29 is 14.3 Å². The summed E-state index contributed by atoms with van der Waals surface area (Å²) in [6, 6.07) is 4.75. The molecular formula is C13H17ClN2O3. The Morgan fingerprint density at radius 2 is 2.16 bits per heavy atom. The van der Waals surface area contributed by atoms with Crippen LogP contribution in [0, 0.1) is 0 Å². The van der Waals surface area contributed by atoms with E-state index in [0.717, 1.165) is 6.42 Å². The Kier molecular flexibility index (Phi) is 5.63. The van der Waals surface area contributed by atoms with Crippen LogP contribution in [0.2, 0.25) is 5.02 Å². The minimum atomic E-state index is -0.706.